The Morgan fingerprint density at radius 2 is 1.67 bits per heavy atom. The first-order valence-electron chi connectivity index (χ1n) is 7.89. The minimum atomic E-state index is -0.502. The van der Waals surface area contributed by atoms with Gasteiger partial charge in [-0.2, -0.15) is 0 Å². The lowest BCUT2D eigenvalue weighted by atomic mass is 10.1. The van der Waals surface area contributed by atoms with Crippen LogP contribution >= 0.6 is 12.4 Å². The van der Waals surface area contributed by atoms with Gasteiger partial charge in [0.15, 0.2) is 0 Å². The van der Waals surface area contributed by atoms with Crippen LogP contribution in [0, 0.1) is 0 Å². The number of carbonyl (C=O) groups excluding carboxylic acids is 1. The molecule has 0 saturated carbocycles. The molecular formula is C19H25ClN2O2. The van der Waals surface area contributed by atoms with E-state index in [-0.39, 0.29) is 18.3 Å². The summed E-state index contributed by atoms with van der Waals surface area (Å²) in [6.45, 7) is 1.21. The van der Waals surface area contributed by atoms with Crippen molar-refractivity contribution in [3.05, 3.63) is 66.2 Å². The summed E-state index contributed by atoms with van der Waals surface area (Å²) in [7, 11) is 1.79. The van der Waals surface area contributed by atoms with Gasteiger partial charge in [-0.05, 0) is 30.5 Å². The maximum atomic E-state index is 12.3. The summed E-state index contributed by atoms with van der Waals surface area (Å²) < 4.78 is 5.62. The van der Waals surface area contributed by atoms with Crippen LogP contribution in [0.1, 0.15) is 12.0 Å². The summed E-state index contributed by atoms with van der Waals surface area (Å²) in [5.74, 6) is 0.816. The number of para-hydroxylation sites is 1. The first-order chi connectivity index (χ1) is 11.2. The van der Waals surface area contributed by atoms with Crippen LogP contribution in [0.15, 0.2) is 60.7 Å². The monoisotopic (exact) mass is 348 g/mol. The van der Waals surface area contributed by atoms with E-state index in [1.165, 1.54) is 0 Å². The second-order valence-corrected chi connectivity index (χ2v) is 5.57. The normalized spacial score (nSPS) is 11.2. The lowest BCUT2D eigenvalue weighted by Gasteiger charge is -2.21. The Bertz CT molecular complexity index is 593. The molecule has 24 heavy (non-hydrogen) atoms. The molecule has 0 aliphatic heterocycles. The summed E-state index contributed by atoms with van der Waals surface area (Å²) in [5.41, 5.74) is 7.10. The largest absolute Gasteiger partial charge is 0.494 e. The number of likely N-dealkylation sites (N-methyl/N-ethyl adjacent to an activating group) is 1. The van der Waals surface area contributed by atoms with Gasteiger partial charge in [-0.3, -0.25) is 4.79 Å². The maximum Gasteiger partial charge on any atom is 0.239 e. The maximum absolute atomic E-state index is 12.3. The van der Waals surface area contributed by atoms with Gasteiger partial charge in [0.2, 0.25) is 5.91 Å². The van der Waals surface area contributed by atoms with Gasteiger partial charge < -0.3 is 15.4 Å². The molecule has 2 aromatic carbocycles. The lowest BCUT2D eigenvalue weighted by Crippen LogP contribution is -2.43. The van der Waals surface area contributed by atoms with Gasteiger partial charge in [0, 0.05) is 13.6 Å². The van der Waals surface area contributed by atoms with Crippen LogP contribution < -0.4 is 10.5 Å². The number of halogens is 1. The number of hydrogen-bond acceptors (Lipinski definition) is 3. The average molecular weight is 349 g/mol. The Morgan fingerprint density at radius 1 is 1.08 bits per heavy atom. The quantitative estimate of drug-likeness (QED) is 0.746. The van der Waals surface area contributed by atoms with Crippen molar-refractivity contribution >= 4 is 18.3 Å². The second-order valence-electron chi connectivity index (χ2n) is 5.57. The molecule has 0 radical (unpaired) electrons. The highest BCUT2D eigenvalue weighted by Crippen LogP contribution is 2.09. The second kappa shape index (κ2) is 10.7. The molecule has 0 saturated heterocycles. The first kappa shape index (κ1) is 20.0. The third-order valence-electron chi connectivity index (χ3n) is 3.64. The number of rotatable bonds is 8. The molecule has 0 fully saturated rings. The van der Waals surface area contributed by atoms with Crippen LogP contribution in [0.4, 0.5) is 0 Å². The number of benzene rings is 2. The fourth-order valence-corrected chi connectivity index (χ4v) is 2.36. The van der Waals surface area contributed by atoms with E-state index >= 15 is 0 Å². The van der Waals surface area contributed by atoms with Crippen LogP contribution in [0.2, 0.25) is 0 Å². The van der Waals surface area contributed by atoms with Gasteiger partial charge >= 0.3 is 0 Å². The van der Waals surface area contributed by atoms with Crippen molar-refractivity contribution in [2.75, 3.05) is 20.2 Å². The van der Waals surface area contributed by atoms with Crippen molar-refractivity contribution in [3.8, 4) is 5.75 Å². The van der Waals surface area contributed by atoms with Crippen molar-refractivity contribution in [1.82, 2.24) is 4.90 Å². The zero-order valence-electron chi connectivity index (χ0n) is 13.9. The van der Waals surface area contributed by atoms with Crippen molar-refractivity contribution < 1.29 is 9.53 Å². The molecule has 2 N–H and O–H groups in total. The third-order valence-corrected chi connectivity index (χ3v) is 3.64. The molecule has 0 bridgehead atoms. The van der Waals surface area contributed by atoms with Crippen LogP contribution in [0.3, 0.4) is 0 Å². The molecule has 5 heteroatoms. The topological polar surface area (TPSA) is 55.6 Å². The molecule has 1 atom stereocenters. The molecule has 1 amide bonds. The fraction of sp³-hybridized carbons (Fsp3) is 0.316. The highest BCUT2D eigenvalue weighted by Gasteiger charge is 2.18. The Balaban J connectivity index is 0.00000288. The Hall–Kier alpha value is -2.04. The number of carbonyl (C=O) groups is 1. The predicted molar refractivity (Wildman–Crippen MR) is 99.6 cm³/mol. The molecule has 0 heterocycles. The van der Waals surface area contributed by atoms with Gasteiger partial charge in [-0.15, -0.1) is 12.4 Å². The van der Waals surface area contributed by atoms with Gasteiger partial charge in [0.05, 0.1) is 12.6 Å². The molecule has 1 unspecified atom stereocenters. The van der Waals surface area contributed by atoms with E-state index in [2.05, 4.69) is 0 Å². The summed E-state index contributed by atoms with van der Waals surface area (Å²) in [5, 5.41) is 0. The molecule has 4 nitrogen and oxygen atoms in total. The fourth-order valence-electron chi connectivity index (χ4n) is 2.36. The smallest absolute Gasteiger partial charge is 0.239 e. The number of nitrogens with two attached hydrogens (primary N) is 1. The number of nitrogens with zero attached hydrogens (tertiary/aromatic N) is 1. The van der Waals surface area contributed by atoms with Crippen molar-refractivity contribution in [1.29, 1.82) is 0 Å². The van der Waals surface area contributed by atoms with Crippen LogP contribution in [0.5, 0.6) is 5.75 Å². The number of amides is 1. The van der Waals surface area contributed by atoms with E-state index in [0.717, 1.165) is 17.7 Å². The Kier molecular flexibility index (Phi) is 8.90. The molecule has 0 aliphatic rings. The molecule has 0 aliphatic carbocycles. The Labute approximate surface area is 150 Å². The molecule has 2 rings (SSSR count). The van der Waals surface area contributed by atoms with E-state index in [0.29, 0.717) is 19.6 Å². The SMILES string of the molecule is CN(CCCOc1ccccc1)C(=O)C(N)Cc1ccccc1.Cl. The van der Waals surface area contributed by atoms with Gasteiger partial charge in [-0.25, -0.2) is 0 Å². The van der Waals surface area contributed by atoms with Crippen LogP contribution in [-0.4, -0.2) is 37.0 Å². The summed E-state index contributed by atoms with van der Waals surface area (Å²) >= 11 is 0. The molecular weight excluding hydrogens is 324 g/mol. The molecule has 130 valence electrons. The zero-order valence-corrected chi connectivity index (χ0v) is 14.7. The van der Waals surface area contributed by atoms with E-state index < -0.39 is 6.04 Å². The van der Waals surface area contributed by atoms with Crippen molar-refractivity contribution in [2.24, 2.45) is 5.73 Å². The standard InChI is InChI=1S/C19H24N2O2.ClH/c1-21(13-8-14-23-17-11-6-3-7-12-17)19(22)18(20)15-16-9-4-2-5-10-16;/h2-7,9-12,18H,8,13-15,20H2,1H3;1H. The zero-order chi connectivity index (χ0) is 16.5. The van der Waals surface area contributed by atoms with Crippen LogP contribution in [0.25, 0.3) is 0 Å². The summed E-state index contributed by atoms with van der Waals surface area (Å²) in [6.07, 6.45) is 1.33. The van der Waals surface area contributed by atoms with E-state index in [4.69, 9.17) is 10.5 Å². The van der Waals surface area contributed by atoms with E-state index in [9.17, 15) is 4.79 Å². The summed E-state index contributed by atoms with van der Waals surface area (Å²) in [6, 6.07) is 19.0. The number of ether oxygens (including phenoxy) is 1. The third kappa shape index (κ3) is 6.60. The average Bonchev–Trinajstić information content (AvgIpc) is 2.59. The highest BCUT2D eigenvalue weighted by atomic mass is 35.5. The van der Waals surface area contributed by atoms with Crippen LogP contribution in [-0.2, 0) is 11.2 Å². The minimum Gasteiger partial charge on any atom is -0.494 e. The first-order valence-corrected chi connectivity index (χ1v) is 7.89. The predicted octanol–water partition coefficient (Wildman–Crippen LogP) is 2.91. The van der Waals surface area contributed by atoms with Crippen molar-refractivity contribution in [2.45, 2.75) is 18.9 Å². The van der Waals surface area contributed by atoms with Gasteiger partial charge in [0.25, 0.3) is 0 Å². The van der Waals surface area contributed by atoms with Crippen molar-refractivity contribution in [3.63, 3.8) is 0 Å². The van der Waals surface area contributed by atoms with Gasteiger partial charge in [0.1, 0.15) is 5.75 Å². The highest BCUT2D eigenvalue weighted by molar-refractivity contribution is 5.85. The van der Waals surface area contributed by atoms with E-state index in [1.807, 2.05) is 60.7 Å². The molecule has 2 aromatic rings. The summed E-state index contributed by atoms with van der Waals surface area (Å²) in [4.78, 5) is 14.0. The lowest BCUT2D eigenvalue weighted by molar-refractivity contribution is -0.131. The number of hydrogen-bond donors (Lipinski definition) is 1. The van der Waals surface area contributed by atoms with E-state index in [1.54, 1.807) is 11.9 Å². The minimum absolute atomic E-state index is 0. The Morgan fingerprint density at radius 3 is 2.29 bits per heavy atom. The molecule has 0 spiro atoms. The van der Waals surface area contributed by atoms with Gasteiger partial charge in [-0.1, -0.05) is 48.5 Å². The molecule has 0 aromatic heterocycles.